The van der Waals surface area contributed by atoms with Gasteiger partial charge in [0.25, 0.3) is 0 Å². The summed E-state index contributed by atoms with van der Waals surface area (Å²) in [5.74, 6) is 1.94. The van der Waals surface area contributed by atoms with Crippen LogP contribution < -0.4 is 0 Å². The van der Waals surface area contributed by atoms with E-state index in [4.69, 9.17) is 24.9 Å². The molecule has 0 amide bonds. The summed E-state index contributed by atoms with van der Waals surface area (Å²) >= 11 is 1.77. The van der Waals surface area contributed by atoms with Gasteiger partial charge in [0, 0.05) is 43.7 Å². The Morgan fingerprint density at radius 3 is 1.77 bits per heavy atom. The van der Waals surface area contributed by atoms with E-state index < -0.39 is 0 Å². The van der Waals surface area contributed by atoms with Crippen molar-refractivity contribution in [2.24, 2.45) is 0 Å². The highest BCUT2D eigenvalue weighted by atomic mass is 32.1. The van der Waals surface area contributed by atoms with Crippen molar-refractivity contribution in [1.82, 2.24) is 24.9 Å². The minimum absolute atomic E-state index is 0.641. The van der Waals surface area contributed by atoms with Crippen LogP contribution in [0.4, 0.5) is 0 Å². The van der Waals surface area contributed by atoms with Gasteiger partial charge in [-0.05, 0) is 35.4 Å². The zero-order valence-electron chi connectivity index (χ0n) is 25.1. The van der Waals surface area contributed by atoms with Crippen molar-refractivity contribution in [1.29, 1.82) is 0 Å². The molecular formula is C41H25N5S. The molecule has 0 fully saturated rings. The summed E-state index contributed by atoms with van der Waals surface area (Å²) in [6, 6.07) is 49.7. The lowest BCUT2D eigenvalue weighted by Gasteiger charge is -2.10. The quantitative estimate of drug-likeness (QED) is 0.192. The standard InChI is InChI=1S/C41H25N5S/c1-3-11-28(12-4-1)39-44-40(29-13-5-2-6-14-29)46-41(45-39)30-20-18-26(19-21-30)31-15-9-17-35-36(31)32-24-25-42-37(38(32)47-35)34-23-22-27-10-7-8-16-33(27)43-34/h1-25H. The maximum Gasteiger partial charge on any atom is 0.164 e. The average molecular weight is 620 g/mol. The Kier molecular flexibility index (Phi) is 6.58. The molecule has 6 heteroatoms. The van der Waals surface area contributed by atoms with Gasteiger partial charge in [-0.25, -0.2) is 19.9 Å². The lowest BCUT2D eigenvalue weighted by molar-refractivity contribution is 1.07. The largest absolute Gasteiger partial charge is 0.253 e. The van der Waals surface area contributed by atoms with E-state index in [9.17, 15) is 0 Å². The van der Waals surface area contributed by atoms with Crippen LogP contribution in [0.1, 0.15) is 0 Å². The summed E-state index contributed by atoms with van der Waals surface area (Å²) in [7, 11) is 0. The molecule has 0 bridgehead atoms. The van der Waals surface area contributed by atoms with Crippen LogP contribution in [-0.2, 0) is 0 Å². The Balaban J connectivity index is 1.14. The third-order valence-electron chi connectivity index (χ3n) is 8.41. The normalized spacial score (nSPS) is 11.4. The molecule has 5 nitrogen and oxygen atoms in total. The minimum Gasteiger partial charge on any atom is -0.253 e. The van der Waals surface area contributed by atoms with Crippen molar-refractivity contribution < 1.29 is 0 Å². The van der Waals surface area contributed by atoms with E-state index in [1.54, 1.807) is 11.3 Å². The van der Waals surface area contributed by atoms with Crippen LogP contribution in [0.15, 0.2) is 152 Å². The molecule has 47 heavy (non-hydrogen) atoms. The smallest absolute Gasteiger partial charge is 0.164 e. The second-order valence-corrected chi connectivity index (χ2v) is 12.4. The van der Waals surface area contributed by atoms with Gasteiger partial charge in [0.05, 0.1) is 15.9 Å². The molecule has 9 rings (SSSR count). The van der Waals surface area contributed by atoms with Crippen molar-refractivity contribution in [3.8, 4) is 56.7 Å². The van der Waals surface area contributed by atoms with Crippen molar-refractivity contribution in [3.05, 3.63) is 152 Å². The van der Waals surface area contributed by atoms with Gasteiger partial charge < -0.3 is 0 Å². The number of fused-ring (bicyclic) bond motifs is 4. The third kappa shape index (κ3) is 4.92. The fourth-order valence-corrected chi connectivity index (χ4v) is 7.33. The monoisotopic (exact) mass is 619 g/mol. The molecule has 0 atom stereocenters. The maximum atomic E-state index is 4.96. The molecule has 5 aromatic carbocycles. The maximum absolute atomic E-state index is 4.96. The first kappa shape index (κ1) is 27.2. The van der Waals surface area contributed by atoms with E-state index in [0.717, 1.165) is 49.2 Å². The number of thiophene rings is 1. The average Bonchev–Trinajstić information content (AvgIpc) is 3.55. The first-order valence-corrected chi connectivity index (χ1v) is 16.2. The lowest BCUT2D eigenvalue weighted by Crippen LogP contribution is -2.00. The molecule has 4 aromatic heterocycles. The van der Waals surface area contributed by atoms with Gasteiger partial charge in [-0.2, -0.15) is 0 Å². The summed E-state index contributed by atoms with van der Waals surface area (Å²) in [5, 5.41) is 3.53. The molecule has 0 saturated carbocycles. The summed E-state index contributed by atoms with van der Waals surface area (Å²) in [5.41, 5.74) is 7.90. The minimum atomic E-state index is 0.641. The van der Waals surface area contributed by atoms with E-state index >= 15 is 0 Å². The lowest BCUT2D eigenvalue weighted by atomic mass is 9.98. The molecular weight excluding hydrogens is 595 g/mol. The second kappa shape index (κ2) is 11.4. The Bertz CT molecular complexity index is 2500. The molecule has 0 aliphatic carbocycles. The SMILES string of the molecule is c1ccc(-c2nc(-c3ccccc3)nc(-c3ccc(-c4cccc5sc6c(-c7ccc8ccccc8n7)nccc6c45)cc3)n2)cc1. The number of hydrogen-bond donors (Lipinski definition) is 0. The fourth-order valence-electron chi connectivity index (χ4n) is 6.11. The van der Waals surface area contributed by atoms with Crippen LogP contribution in [-0.4, -0.2) is 24.9 Å². The molecule has 4 heterocycles. The molecule has 0 aliphatic heterocycles. The number of benzene rings is 5. The Labute approximate surface area is 275 Å². The molecule has 0 radical (unpaired) electrons. The molecule has 0 spiro atoms. The molecule has 0 N–H and O–H groups in total. The first-order valence-electron chi connectivity index (χ1n) is 15.4. The molecule has 9 aromatic rings. The number of rotatable bonds is 5. The second-order valence-electron chi connectivity index (χ2n) is 11.3. The predicted octanol–water partition coefficient (Wildman–Crippen LogP) is 10.5. The van der Waals surface area contributed by atoms with Crippen molar-refractivity contribution in [2.45, 2.75) is 0 Å². The van der Waals surface area contributed by atoms with Crippen LogP contribution >= 0.6 is 11.3 Å². The van der Waals surface area contributed by atoms with E-state index in [1.807, 2.05) is 85.1 Å². The summed E-state index contributed by atoms with van der Waals surface area (Å²) in [6.07, 6.45) is 1.90. The topological polar surface area (TPSA) is 64.5 Å². The van der Waals surface area contributed by atoms with Crippen LogP contribution in [0.2, 0.25) is 0 Å². The van der Waals surface area contributed by atoms with Gasteiger partial charge in [-0.15, -0.1) is 11.3 Å². The number of aromatic nitrogens is 5. The fraction of sp³-hybridized carbons (Fsp3) is 0. The highest BCUT2D eigenvalue weighted by Crippen LogP contribution is 2.43. The number of hydrogen-bond acceptors (Lipinski definition) is 6. The highest BCUT2D eigenvalue weighted by Gasteiger charge is 2.17. The molecule has 0 saturated heterocycles. The van der Waals surface area contributed by atoms with Crippen LogP contribution in [0.25, 0.3) is 87.8 Å². The van der Waals surface area contributed by atoms with E-state index in [0.29, 0.717) is 17.5 Å². The summed E-state index contributed by atoms with van der Waals surface area (Å²) < 4.78 is 2.36. The van der Waals surface area contributed by atoms with Crippen LogP contribution in [0.3, 0.4) is 0 Å². The van der Waals surface area contributed by atoms with E-state index in [1.165, 1.54) is 21.0 Å². The van der Waals surface area contributed by atoms with Gasteiger partial charge in [0.1, 0.15) is 5.69 Å². The summed E-state index contributed by atoms with van der Waals surface area (Å²) in [4.78, 5) is 24.4. The van der Waals surface area contributed by atoms with Gasteiger partial charge in [-0.3, -0.25) is 4.98 Å². The number of pyridine rings is 2. The Morgan fingerprint density at radius 2 is 1.06 bits per heavy atom. The van der Waals surface area contributed by atoms with Crippen LogP contribution in [0.5, 0.6) is 0 Å². The van der Waals surface area contributed by atoms with Crippen molar-refractivity contribution in [2.75, 3.05) is 0 Å². The van der Waals surface area contributed by atoms with E-state index in [2.05, 4.69) is 66.7 Å². The Hall–Kier alpha value is -6.11. The number of nitrogens with zero attached hydrogens (tertiary/aromatic N) is 5. The molecule has 0 unspecified atom stereocenters. The van der Waals surface area contributed by atoms with Crippen LogP contribution in [0, 0.1) is 0 Å². The van der Waals surface area contributed by atoms with Crippen molar-refractivity contribution in [3.63, 3.8) is 0 Å². The van der Waals surface area contributed by atoms with Gasteiger partial charge in [-0.1, -0.05) is 121 Å². The highest BCUT2D eigenvalue weighted by molar-refractivity contribution is 7.26. The number of para-hydroxylation sites is 1. The molecule has 0 aliphatic rings. The zero-order valence-corrected chi connectivity index (χ0v) is 25.9. The van der Waals surface area contributed by atoms with Crippen molar-refractivity contribution >= 4 is 42.4 Å². The third-order valence-corrected chi connectivity index (χ3v) is 9.58. The predicted molar refractivity (Wildman–Crippen MR) is 193 cm³/mol. The van der Waals surface area contributed by atoms with Gasteiger partial charge >= 0.3 is 0 Å². The van der Waals surface area contributed by atoms with Gasteiger partial charge in [0.15, 0.2) is 17.5 Å². The Morgan fingerprint density at radius 1 is 0.447 bits per heavy atom. The summed E-state index contributed by atoms with van der Waals surface area (Å²) in [6.45, 7) is 0. The van der Waals surface area contributed by atoms with Gasteiger partial charge in [0.2, 0.25) is 0 Å². The molecule has 220 valence electrons. The van der Waals surface area contributed by atoms with E-state index in [-0.39, 0.29) is 0 Å². The zero-order chi connectivity index (χ0) is 31.2. The first-order chi connectivity index (χ1) is 23.3.